The van der Waals surface area contributed by atoms with E-state index in [2.05, 4.69) is 43.0 Å². The van der Waals surface area contributed by atoms with E-state index in [-0.39, 0.29) is 5.91 Å². The molecule has 0 aromatic heterocycles. The standard InChI is InChI=1S/C23H30N2O2S/c1-4-24-12-14-25(15-13-24)23(26)19-8-11-22(27-5-2)20(16-19)17-28-21-9-6-18(3)7-10-21/h6-11,16H,4-5,12-15,17H2,1-3H3. The predicted octanol–water partition coefficient (Wildman–Crippen LogP) is 4.46. The first-order chi connectivity index (χ1) is 13.6. The highest BCUT2D eigenvalue weighted by Gasteiger charge is 2.22. The van der Waals surface area contributed by atoms with Gasteiger partial charge in [-0.2, -0.15) is 0 Å². The van der Waals surface area contributed by atoms with E-state index in [0.29, 0.717) is 6.61 Å². The zero-order chi connectivity index (χ0) is 19.9. The maximum Gasteiger partial charge on any atom is 0.253 e. The van der Waals surface area contributed by atoms with Gasteiger partial charge in [0.1, 0.15) is 5.75 Å². The molecule has 1 heterocycles. The number of rotatable bonds is 7. The van der Waals surface area contributed by atoms with Gasteiger partial charge in [-0.05, 0) is 50.7 Å². The van der Waals surface area contributed by atoms with E-state index >= 15 is 0 Å². The van der Waals surface area contributed by atoms with Gasteiger partial charge in [0.05, 0.1) is 6.61 Å². The molecule has 0 bridgehead atoms. The molecule has 0 aliphatic carbocycles. The molecule has 2 aromatic rings. The summed E-state index contributed by atoms with van der Waals surface area (Å²) in [5, 5.41) is 0. The Morgan fingerprint density at radius 3 is 2.39 bits per heavy atom. The third-order valence-electron chi connectivity index (χ3n) is 5.13. The van der Waals surface area contributed by atoms with Crippen LogP contribution in [0.5, 0.6) is 5.75 Å². The van der Waals surface area contributed by atoms with Crippen LogP contribution in [0.25, 0.3) is 0 Å². The first kappa shape index (κ1) is 20.7. The summed E-state index contributed by atoms with van der Waals surface area (Å²) in [7, 11) is 0. The number of amides is 1. The predicted molar refractivity (Wildman–Crippen MR) is 116 cm³/mol. The summed E-state index contributed by atoms with van der Waals surface area (Å²) in [6.07, 6.45) is 0. The lowest BCUT2D eigenvalue weighted by molar-refractivity contribution is 0.0643. The number of hydrogen-bond acceptors (Lipinski definition) is 4. The number of thioether (sulfide) groups is 1. The summed E-state index contributed by atoms with van der Waals surface area (Å²) in [6.45, 7) is 11.4. The monoisotopic (exact) mass is 398 g/mol. The minimum atomic E-state index is 0.125. The Balaban J connectivity index is 1.73. The first-order valence-electron chi connectivity index (χ1n) is 10.1. The summed E-state index contributed by atoms with van der Waals surface area (Å²) in [5.41, 5.74) is 3.09. The van der Waals surface area contributed by atoms with Crippen LogP contribution >= 0.6 is 11.8 Å². The molecule has 3 rings (SSSR count). The number of likely N-dealkylation sites (N-methyl/N-ethyl adjacent to an activating group) is 1. The van der Waals surface area contributed by atoms with Crippen molar-refractivity contribution in [2.24, 2.45) is 0 Å². The fourth-order valence-electron chi connectivity index (χ4n) is 3.37. The van der Waals surface area contributed by atoms with Crippen LogP contribution in [0.1, 0.15) is 35.3 Å². The van der Waals surface area contributed by atoms with E-state index in [1.807, 2.05) is 30.0 Å². The third kappa shape index (κ3) is 5.30. The molecule has 4 nitrogen and oxygen atoms in total. The number of piperazine rings is 1. The summed E-state index contributed by atoms with van der Waals surface area (Å²) in [4.78, 5) is 18.6. The Morgan fingerprint density at radius 2 is 1.75 bits per heavy atom. The molecule has 0 saturated carbocycles. The molecule has 1 saturated heterocycles. The van der Waals surface area contributed by atoms with Crippen LogP contribution in [-0.4, -0.2) is 55.0 Å². The van der Waals surface area contributed by atoms with E-state index in [1.54, 1.807) is 11.8 Å². The Bertz CT molecular complexity index is 784. The van der Waals surface area contributed by atoms with Crippen molar-refractivity contribution >= 4 is 17.7 Å². The molecule has 2 aromatic carbocycles. The maximum atomic E-state index is 13.0. The molecule has 150 valence electrons. The lowest BCUT2D eigenvalue weighted by Gasteiger charge is -2.34. The smallest absolute Gasteiger partial charge is 0.253 e. The van der Waals surface area contributed by atoms with Gasteiger partial charge < -0.3 is 14.5 Å². The molecule has 0 unspecified atom stereocenters. The molecule has 1 aliphatic rings. The molecule has 0 atom stereocenters. The Hall–Kier alpha value is -1.98. The van der Waals surface area contributed by atoms with Crippen molar-refractivity contribution in [2.45, 2.75) is 31.4 Å². The number of nitrogens with zero attached hydrogens (tertiary/aromatic N) is 2. The third-order valence-corrected chi connectivity index (χ3v) is 6.19. The number of benzene rings is 2. The van der Waals surface area contributed by atoms with Crippen molar-refractivity contribution < 1.29 is 9.53 Å². The van der Waals surface area contributed by atoms with Crippen molar-refractivity contribution in [1.82, 2.24) is 9.80 Å². The fraction of sp³-hybridized carbons (Fsp3) is 0.435. The Morgan fingerprint density at radius 1 is 1.04 bits per heavy atom. The lowest BCUT2D eigenvalue weighted by atomic mass is 10.1. The number of hydrogen-bond donors (Lipinski definition) is 0. The van der Waals surface area contributed by atoms with Gasteiger partial charge in [-0.3, -0.25) is 4.79 Å². The van der Waals surface area contributed by atoms with Crippen molar-refractivity contribution in [2.75, 3.05) is 39.3 Å². The maximum absolute atomic E-state index is 13.0. The van der Waals surface area contributed by atoms with E-state index in [9.17, 15) is 4.79 Å². The van der Waals surface area contributed by atoms with E-state index < -0.39 is 0 Å². The van der Waals surface area contributed by atoms with Gasteiger partial charge in [0, 0.05) is 48.0 Å². The number of carbonyl (C=O) groups excluding carboxylic acids is 1. The molecule has 1 fully saturated rings. The number of ether oxygens (including phenoxy) is 1. The van der Waals surface area contributed by atoms with Gasteiger partial charge in [0.2, 0.25) is 0 Å². The van der Waals surface area contributed by atoms with Gasteiger partial charge >= 0.3 is 0 Å². The summed E-state index contributed by atoms with van der Waals surface area (Å²) < 4.78 is 5.81. The minimum Gasteiger partial charge on any atom is -0.494 e. The Labute approximate surface area is 172 Å². The molecule has 28 heavy (non-hydrogen) atoms. The second kappa shape index (κ2) is 9.99. The van der Waals surface area contributed by atoms with Crippen molar-refractivity contribution in [3.63, 3.8) is 0 Å². The SMILES string of the molecule is CCOc1ccc(C(=O)N2CCN(CC)CC2)cc1CSc1ccc(C)cc1. The van der Waals surface area contributed by atoms with Gasteiger partial charge in [-0.1, -0.05) is 24.6 Å². The highest BCUT2D eigenvalue weighted by Crippen LogP contribution is 2.29. The molecule has 1 amide bonds. The van der Waals surface area contributed by atoms with Gasteiger partial charge in [0.15, 0.2) is 0 Å². The average Bonchev–Trinajstić information content (AvgIpc) is 2.74. The molecule has 0 radical (unpaired) electrons. The zero-order valence-electron chi connectivity index (χ0n) is 17.1. The van der Waals surface area contributed by atoms with E-state index in [4.69, 9.17) is 4.74 Å². The van der Waals surface area contributed by atoms with Crippen LogP contribution in [0.15, 0.2) is 47.4 Å². The van der Waals surface area contributed by atoms with Crippen LogP contribution < -0.4 is 4.74 Å². The van der Waals surface area contributed by atoms with E-state index in [0.717, 1.165) is 55.4 Å². The van der Waals surface area contributed by atoms with Crippen LogP contribution in [-0.2, 0) is 5.75 Å². The minimum absolute atomic E-state index is 0.125. The summed E-state index contributed by atoms with van der Waals surface area (Å²) in [6, 6.07) is 14.4. The van der Waals surface area contributed by atoms with Gasteiger partial charge in [0.25, 0.3) is 5.91 Å². The number of aryl methyl sites for hydroxylation is 1. The van der Waals surface area contributed by atoms with E-state index in [1.165, 1.54) is 10.5 Å². The Kier molecular flexibility index (Phi) is 7.40. The molecule has 5 heteroatoms. The normalized spacial score (nSPS) is 14.9. The molecular formula is C23H30N2O2S. The van der Waals surface area contributed by atoms with Gasteiger partial charge in [-0.25, -0.2) is 0 Å². The van der Waals surface area contributed by atoms with Gasteiger partial charge in [-0.15, -0.1) is 11.8 Å². The van der Waals surface area contributed by atoms with Crippen LogP contribution in [0.2, 0.25) is 0 Å². The first-order valence-corrected chi connectivity index (χ1v) is 11.1. The highest BCUT2D eigenvalue weighted by atomic mass is 32.2. The fourth-order valence-corrected chi connectivity index (χ4v) is 4.24. The van der Waals surface area contributed by atoms with Crippen molar-refractivity contribution in [3.8, 4) is 5.75 Å². The molecule has 1 aliphatic heterocycles. The van der Waals surface area contributed by atoms with Crippen molar-refractivity contribution in [1.29, 1.82) is 0 Å². The second-order valence-electron chi connectivity index (χ2n) is 7.08. The second-order valence-corrected chi connectivity index (χ2v) is 8.13. The zero-order valence-corrected chi connectivity index (χ0v) is 17.9. The summed E-state index contributed by atoms with van der Waals surface area (Å²) >= 11 is 1.77. The van der Waals surface area contributed by atoms with Crippen LogP contribution in [0, 0.1) is 6.92 Å². The average molecular weight is 399 g/mol. The summed E-state index contributed by atoms with van der Waals surface area (Å²) in [5.74, 6) is 1.78. The molecular weight excluding hydrogens is 368 g/mol. The molecule has 0 N–H and O–H groups in total. The quantitative estimate of drug-likeness (QED) is 0.645. The topological polar surface area (TPSA) is 32.8 Å². The number of carbonyl (C=O) groups is 1. The largest absolute Gasteiger partial charge is 0.494 e. The highest BCUT2D eigenvalue weighted by molar-refractivity contribution is 7.98. The molecule has 0 spiro atoms. The van der Waals surface area contributed by atoms with Crippen LogP contribution in [0.4, 0.5) is 0 Å². The van der Waals surface area contributed by atoms with Crippen molar-refractivity contribution in [3.05, 3.63) is 59.2 Å². The van der Waals surface area contributed by atoms with Crippen LogP contribution in [0.3, 0.4) is 0 Å². The lowest BCUT2D eigenvalue weighted by Crippen LogP contribution is -2.48.